The molecular weight excluding hydrogens is 634 g/mol. The minimum atomic E-state index is 0.730. The van der Waals surface area contributed by atoms with Gasteiger partial charge in [0.15, 0.2) is 0 Å². The summed E-state index contributed by atoms with van der Waals surface area (Å²) in [6.07, 6.45) is 0. The first kappa shape index (κ1) is 31.7. The molecule has 0 amide bonds. The Labute approximate surface area is 307 Å². The summed E-state index contributed by atoms with van der Waals surface area (Å²) in [5, 5.41) is 7.73. The quantitative estimate of drug-likeness (QED) is 0.199. The van der Waals surface area contributed by atoms with Gasteiger partial charge in [-0.15, -0.1) is 16.4 Å². The molecule has 8 aromatic carbocycles. The Kier molecular flexibility index (Phi) is 7.56. The maximum absolute atomic E-state index is 6.83. The lowest BCUT2D eigenvalue weighted by Gasteiger charge is -2.20. The first-order valence-corrected chi connectivity index (χ1v) is 18.0. The molecule has 0 fully saturated rings. The van der Waals surface area contributed by atoms with Crippen molar-refractivity contribution in [3.63, 3.8) is 0 Å². The topological polar surface area (TPSA) is 13.1 Å². The van der Waals surface area contributed by atoms with Crippen LogP contribution in [0.3, 0.4) is 0 Å². The van der Waals surface area contributed by atoms with Crippen LogP contribution in [0, 0.1) is 0 Å². The van der Waals surface area contributed by atoms with E-state index in [-0.39, 0.29) is 0 Å². The predicted molar refractivity (Wildman–Crippen MR) is 236 cm³/mol. The average Bonchev–Trinajstić information content (AvgIpc) is 3.56. The molecule has 9 rings (SSSR count). The SMILES string of the molecule is Bc1c(B)c(B)c(-c2cccc3c2oc2cccc(-c4ccc5c(-c6ccccc6)c6cc(Cl)ccc6c(-c6ccccc6)c5c4)c23)c(B)c1B. The molecule has 0 aliphatic carbocycles. The van der Waals surface area contributed by atoms with Gasteiger partial charge in [0.05, 0.1) is 0 Å². The van der Waals surface area contributed by atoms with E-state index >= 15 is 0 Å². The van der Waals surface area contributed by atoms with Gasteiger partial charge in [-0.2, -0.15) is 0 Å². The highest BCUT2D eigenvalue weighted by Crippen LogP contribution is 2.47. The third kappa shape index (κ3) is 4.92. The Bertz CT molecular complexity index is 2840. The Hall–Kier alpha value is -5.31. The molecule has 9 aromatic rings. The van der Waals surface area contributed by atoms with Gasteiger partial charge in [0.25, 0.3) is 0 Å². The minimum Gasteiger partial charge on any atom is -0.455 e. The molecule has 0 saturated heterocycles. The van der Waals surface area contributed by atoms with Crippen molar-refractivity contribution in [1.82, 2.24) is 0 Å². The average molecular weight is 666 g/mol. The van der Waals surface area contributed by atoms with E-state index in [1.165, 1.54) is 71.3 Å². The number of hydrogen-bond acceptors (Lipinski definition) is 1. The van der Waals surface area contributed by atoms with Crippen LogP contribution in [-0.2, 0) is 0 Å². The van der Waals surface area contributed by atoms with Crippen LogP contribution in [0.25, 0.3) is 88.0 Å². The third-order valence-electron chi connectivity index (χ3n) is 11.3. The molecule has 0 N–H and O–H groups in total. The lowest BCUT2D eigenvalue weighted by Crippen LogP contribution is -2.55. The molecule has 0 saturated carbocycles. The van der Waals surface area contributed by atoms with E-state index in [1.807, 2.05) is 6.07 Å². The van der Waals surface area contributed by atoms with Gasteiger partial charge in [-0.25, -0.2) is 0 Å². The number of benzene rings is 8. The summed E-state index contributed by atoms with van der Waals surface area (Å²) in [5.74, 6) is 0. The van der Waals surface area contributed by atoms with Gasteiger partial charge in [0.2, 0.25) is 0 Å². The van der Waals surface area contributed by atoms with Crippen LogP contribution in [-0.4, -0.2) is 39.2 Å². The van der Waals surface area contributed by atoms with Crippen LogP contribution in [0.2, 0.25) is 5.02 Å². The van der Waals surface area contributed by atoms with Gasteiger partial charge in [-0.1, -0.05) is 132 Å². The summed E-state index contributed by atoms with van der Waals surface area (Å²) in [6, 6.07) is 47.8. The molecule has 0 bridgehead atoms. The summed E-state index contributed by atoms with van der Waals surface area (Å²) < 4.78 is 6.83. The zero-order chi connectivity index (χ0) is 35.0. The molecule has 0 radical (unpaired) electrons. The van der Waals surface area contributed by atoms with Crippen molar-refractivity contribution < 1.29 is 4.42 Å². The van der Waals surface area contributed by atoms with E-state index in [0.29, 0.717) is 0 Å². The molecule has 7 heteroatoms. The molecule has 0 aliphatic rings. The Morgan fingerprint density at radius 3 is 1.59 bits per heavy atom. The van der Waals surface area contributed by atoms with E-state index < -0.39 is 0 Å². The van der Waals surface area contributed by atoms with E-state index in [9.17, 15) is 0 Å². The Morgan fingerprint density at radius 1 is 0.392 bits per heavy atom. The third-order valence-corrected chi connectivity index (χ3v) is 11.5. The van der Waals surface area contributed by atoms with E-state index in [1.54, 1.807) is 0 Å². The zero-order valence-electron chi connectivity index (χ0n) is 29.5. The van der Waals surface area contributed by atoms with Gasteiger partial charge in [0, 0.05) is 21.4 Å². The number of hydrogen-bond donors (Lipinski definition) is 0. The van der Waals surface area contributed by atoms with Crippen molar-refractivity contribution >= 4 is 122 Å². The van der Waals surface area contributed by atoms with Crippen molar-refractivity contribution in [3.05, 3.63) is 138 Å². The molecule has 0 aliphatic heterocycles. The van der Waals surface area contributed by atoms with Crippen LogP contribution in [0.5, 0.6) is 0 Å². The van der Waals surface area contributed by atoms with Gasteiger partial charge in [0.1, 0.15) is 50.4 Å². The number of furan rings is 1. The molecule has 1 nitrogen and oxygen atoms in total. The van der Waals surface area contributed by atoms with Gasteiger partial charge in [-0.3, -0.25) is 0 Å². The van der Waals surface area contributed by atoms with Gasteiger partial charge < -0.3 is 4.42 Å². The highest BCUT2D eigenvalue weighted by molar-refractivity contribution is 6.68. The van der Waals surface area contributed by atoms with Crippen molar-refractivity contribution in [2.45, 2.75) is 0 Å². The van der Waals surface area contributed by atoms with Crippen LogP contribution >= 0.6 is 11.6 Å². The number of fused-ring (bicyclic) bond motifs is 5. The van der Waals surface area contributed by atoms with Gasteiger partial charge >= 0.3 is 0 Å². The van der Waals surface area contributed by atoms with Crippen molar-refractivity contribution in [2.24, 2.45) is 0 Å². The summed E-state index contributed by atoms with van der Waals surface area (Å²) in [4.78, 5) is 0. The lowest BCUT2D eigenvalue weighted by atomic mass is 9.59. The van der Waals surface area contributed by atoms with E-state index in [2.05, 4.69) is 167 Å². The molecule has 1 aromatic heterocycles. The van der Waals surface area contributed by atoms with Crippen LogP contribution in [0.4, 0.5) is 0 Å². The normalized spacial score (nSPS) is 11.6. The highest BCUT2D eigenvalue weighted by Gasteiger charge is 2.22. The largest absolute Gasteiger partial charge is 0.455 e. The molecule has 0 atom stereocenters. The van der Waals surface area contributed by atoms with E-state index in [4.69, 9.17) is 16.0 Å². The van der Waals surface area contributed by atoms with Crippen molar-refractivity contribution in [1.29, 1.82) is 0 Å². The number of rotatable bonds is 4. The number of para-hydroxylation sites is 1. The molecular formula is C44H32B5ClO. The summed E-state index contributed by atoms with van der Waals surface area (Å²) in [6.45, 7) is 0. The second-order valence-corrected chi connectivity index (χ2v) is 14.3. The molecule has 236 valence electrons. The summed E-state index contributed by atoms with van der Waals surface area (Å²) in [5.41, 5.74) is 18.0. The standard InChI is InChI=1S/C44H32B5ClO/c45-39-38(40(46)42(48)43(49)41(39)47)31-15-7-14-30-37-27(13-8-16-34(37)51-44(30)31)25-17-19-28-32(21-25)35(23-9-3-1-4-10-23)29-20-18-26(50)22-33(29)36(28)24-11-5-2-6-12-24/h1-22H,45-49H2. The summed E-state index contributed by atoms with van der Waals surface area (Å²) in [7, 11) is 11.2. The lowest BCUT2D eigenvalue weighted by molar-refractivity contribution is 0.670. The monoisotopic (exact) mass is 666 g/mol. The second-order valence-electron chi connectivity index (χ2n) is 13.9. The Morgan fingerprint density at radius 2 is 0.941 bits per heavy atom. The van der Waals surface area contributed by atoms with Crippen molar-refractivity contribution in [3.8, 4) is 44.5 Å². The van der Waals surface area contributed by atoms with Gasteiger partial charge in [-0.05, 0) is 84.8 Å². The fraction of sp³-hybridized carbons (Fsp3) is 0. The molecule has 51 heavy (non-hydrogen) atoms. The van der Waals surface area contributed by atoms with Crippen molar-refractivity contribution in [2.75, 3.05) is 0 Å². The summed E-state index contributed by atoms with van der Waals surface area (Å²) >= 11 is 6.71. The van der Waals surface area contributed by atoms with E-state index in [0.717, 1.165) is 49.0 Å². The van der Waals surface area contributed by atoms with Crippen LogP contribution in [0.1, 0.15) is 0 Å². The zero-order valence-corrected chi connectivity index (χ0v) is 30.2. The minimum absolute atomic E-state index is 0.730. The first-order chi connectivity index (χ1) is 24.8. The fourth-order valence-electron chi connectivity index (χ4n) is 8.39. The smallest absolute Gasteiger partial charge is 0.143 e. The van der Waals surface area contributed by atoms with Crippen LogP contribution in [0.15, 0.2) is 138 Å². The second kappa shape index (κ2) is 12.2. The molecule has 1 heterocycles. The maximum atomic E-state index is 6.83. The predicted octanol–water partition coefficient (Wildman–Crippen LogP) is 4.51. The number of halogens is 1. The fourth-order valence-corrected chi connectivity index (χ4v) is 8.56. The maximum Gasteiger partial charge on any atom is 0.143 e. The molecule has 0 unspecified atom stereocenters. The first-order valence-electron chi connectivity index (χ1n) is 17.6. The highest BCUT2D eigenvalue weighted by atomic mass is 35.5. The molecule has 0 spiro atoms. The van der Waals surface area contributed by atoms with Crippen LogP contribution < -0.4 is 27.3 Å². The Balaban J connectivity index is 1.36.